The number of methoxy groups -OCH3 is 1. The fourth-order valence-corrected chi connectivity index (χ4v) is 2.97. The number of hydrogen-bond donors (Lipinski definition) is 1. The summed E-state index contributed by atoms with van der Waals surface area (Å²) in [6.45, 7) is 5.79. The van der Waals surface area contributed by atoms with Gasteiger partial charge in [-0.15, -0.1) is 0 Å². The van der Waals surface area contributed by atoms with E-state index in [0.717, 1.165) is 44.2 Å². The fourth-order valence-electron chi connectivity index (χ4n) is 2.68. The zero-order chi connectivity index (χ0) is 18.2. The Morgan fingerprint density at radius 3 is 2.60 bits per heavy atom. The Labute approximate surface area is 153 Å². The number of likely N-dealkylation sites (N-methyl/N-ethyl adjacent to an activating group) is 1. The van der Waals surface area contributed by atoms with Crippen molar-refractivity contribution >= 4 is 23.4 Å². The van der Waals surface area contributed by atoms with Gasteiger partial charge in [0.1, 0.15) is 12.4 Å². The second-order valence-corrected chi connectivity index (χ2v) is 6.39. The molecule has 1 saturated heterocycles. The lowest BCUT2D eigenvalue weighted by molar-refractivity contribution is 0.146. The van der Waals surface area contributed by atoms with Crippen molar-refractivity contribution in [3.63, 3.8) is 0 Å². The average Bonchev–Trinajstić information content (AvgIpc) is 2.60. The molecule has 8 heteroatoms. The second-order valence-electron chi connectivity index (χ2n) is 5.99. The Balaban J connectivity index is 1.82. The third-order valence-electron chi connectivity index (χ3n) is 4.27. The van der Waals surface area contributed by atoms with E-state index in [1.165, 1.54) is 4.90 Å². The van der Waals surface area contributed by atoms with Gasteiger partial charge in [-0.2, -0.15) is 0 Å². The monoisotopic (exact) mass is 371 g/mol. The van der Waals surface area contributed by atoms with E-state index in [2.05, 4.69) is 9.80 Å². The van der Waals surface area contributed by atoms with Crippen LogP contribution in [0.25, 0.3) is 0 Å². The van der Waals surface area contributed by atoms with Crippen molar-refractivity contribution in [2.24, 2.45) is 0 Å². The van der Waals surface area contributed by atoms with Crippen LogP contribution in [0.3, 0.4) is 0 Å². The molecule has 1 fully saturated rings. The molecule has 0 bridgehead atoms. The normalized spacial score (nSPS) is 15.2. The number of nitrogens with zero attached hydrogens (tertiary/aromatic N) is 3. The predicted octanol–water partition coefficient (Wildman–Crippen LogP) is 2.10. The molecule has 1 amide bonds. The molecule has 0 spiro atoms. The van der Waals surface area contributed by atoms with Crippen LogP contribution >= 0.6 is 11.6 Å². The molecular formula is C17H26ClN3O4. The van der Waals surface area contributed by atoms with Gasteiger partial charge >= 0.3 is 6.09 Å². The largest absolute Gasteiger partial charge is 0.491 e. The number of hydrogen-bond acceptors (Lipinski definition) is 5. The molecule has 0 unspecified atom stereocenters. The molecule has 1 heterocycles. The smallest absolute Gasteiger partial charge is 0.407 e. The van der Waals surface area contributed by atoms with Crippen LogP contribution in [0.1, 0.15) is 0 Å². The van der Waals surface area contributed by atoms with Gasteiger partial charge in [-0.05, 0) is 12.1 Å². The summed E-state index contributed by atoms with van der Waals surface area (Å²) >= 11 is 6.41. The third-order valence-corrected chi connectivity index (χ3v) is 4.57. The van der Waals surface area contributed by atoms with Crippen molar-refractivity contribution in [1.29, 1.82) is 0 Å². The van der Waals surface area contributed by atoms with Gasteiger partial charge in [0.2, 0.25) is 0 Å². The molecule has 1 aliphatic rings. The highest BCUT2D eigenvalue weighted by atomic mass is 35.5. The molecule has 1 aromatic rings. The van der Waals surface area contributed by atoms with Crippen LogP contribution in [0.4, 0.5) is 10.5 Å². The fraction of sp³-hybridized carbons (Fsp3) is 0.588. The number of benzene rings is 1. The van der Waals surface area contributed by atoms with E-state index in [4.69, 9.17) is 26.2 Å². The van der Waals surface area contributed by atoms with Crippen LogP contribution in [0.5, 0.6) is 5.75 Å². The van der Waals surface area contributed by atoms with E-state index in [0.29, 0.717) is 24.8 Å². The van der Waals surface area contributed by atoms with Crippen molar-refractivity contribution in [3.05, 3.63) is 23.2 Å². The first-order valence-electron chi connectivity index (χ1n) is 8.34. The summed E-state index contributed by atoms with van der Waals surface area (Å²) in [6.07, 6.45) is -0.891. The molecule has 1 N–H and O–H groups in total. The van der Waals surface area contributed by atoms with Crippen molar-refractivity contribution in [2.75, 3.05) is 71.5 Å². The molecule has 25 heavy (non-hydrogen) atoms. The minimum absolute atomic E-state index is 0.496. The van der Waals surface area contributed by atoms with Crippen molar-refractivity contribution < 1.29 is 19.4 Å². The topological polar surface area (TPSA) is 65.5 Å². The number of piperazine rings is 1. The minimum atomic E-state index is -0.891. The first-order chi connectivity index (χ1) is 12.0. The summed E-state index contributed by atoms with van der Waals surface area (Å²) in [5.74, 6) is 0.737. The predicted molar refractivity (Wildman–Crippen MR) is 98.1 cm³/mol. The van der Waals surface area contributed by atoms with E-state index in [9.17, 15) is 4.79 Å². The Hall–Kier alpha value is -1.70. The van der Waals surface area contributed by atoms with E-state index in [-0.39, 0.29) is 0 Å². The second kappa shape index (κ2) is 9.70. The maximum atomic E-state index is 10.8. The summed E-state index contributed by atoms with van der Waals surface area (Å²) in [5, 5.41) is 9.57. The van der Waals surface area contributed by atoms with Crippen LogP contribution in [-0.4, -0.2) is 87.6 Å². The lowest BCUT2D eigenvalue weighted by Gasteiger charge is -2.37. The number of carbonyl (C=O) groups is 1. The zero-order valence-corrected chi connectivity index (χ0v) is 15.5. The van der Waals surface area contributed by atoms with Crippen LogP contribution in [0.2, 0.25) is 5.02 Å². The molecule has 0 radical (unpaired) electrons. The quantitative estimate of drug-likeness (QED) is 0.706. The Morgan fingerprint density at radius 2 is 2.00 bits per heavy atom. The molecule has 0 aromatic heterocycles. The van der Waals surface area contributed by atoms with E-state index in [1.54, 1.807) is 14.2 Å². The van der Waals surface area contributed by atoms with Crippen molar-refractivity contribution in [1.82, 2.24) is 9.80 Å². The zero-order valence-electron chi connectivity index (χ0n) is 14.8. The van der Waals surface area contributed by atoms with Gasteiger partial charge < -0.3 is 24.4 Å². The lowest BCUT2D eigenvalue weighted by atomic mass is 10.2. The number of halogens is 1. The summed E-state index contributed by atoms with van der Waals surface area (Å²) < 4.78 is 10.5. The number of carboxylic acid groups (broad SMARTS) is 1. The highest BCUT2D eigenvalue weighted by molar-refractivity contribution is 6.33. The van der Waals surface area contributed by atoms with E-state index < -0.39 is 6.09 Å². The maximum Gasteiger partial charge on any atom is 0.407 e. The minimum Gasteiger partial charge on any atom is -0.491 e. The average molecular weight is 372 g/mol. The van der Waals surface area contributed by atoms with Crippen LogP contribution < -0.4 is 9.64 Å². The number of amides is 1. The summed E-state index contributed by atoms with van der Waals surface area (Å²) in [5.41, 5.74) is 1.00. The lowest BCUT2D eigenvalue weighted by Crippen LogP contribution is -2.48. The van der Waals surface area contributed by atoms with E-state index >= 15 is 0 Å². The summed E-state index contributed by atoms with van der Waals surface area (Å²) in [7, 11) is 3.23. The number of ether oxygens (including phenoxy) is 2. The first-order valence-corrected chi connectivity index (χ1v) is 8.71. The molecule has 0 atom stereocenters. The van der Waals surface area contributed by atoms with Gasteiger partial charge in [-0.3, -0.25) is 4.90 Å². The first kappa shape index (κ1) is 19.6. The molecule has 2 rings (SSSR count). The van der Waals surface area contributed by atoms with Crippen molar-refractivity contribution in [3.8, 4) is 5.75 Å². The maximum absolute atomic E-state index is 10.8. The standard InChI is InChI=1S/C17H26ClN3O4/c1-19(17(22)23)5-6-20-7-9-21(10-8-20)16-4-3-14(13-15(16)18)25-12-11-24-2/h3-4,13H,5-12H2,1-2H3,(H,22,23). The van der Waals surface area contributed by atoms with Crippen molar-refractivity contribution in [2.45, 2.75) is 0 Å². The number of rotatable bonds is 8. The van der Waals surface area contributed by atoms with Crippen LogP contribution in [0, 0.1) is 0 Å². The molecule has 0 saturated carbocycles. The highest BCUT2D eigenvalue weighted by Crippen LogP contribution is 2.30. The van der Waals surface area contributed by atoms with Gasteiger partial charge in [0.05, 0.1) is 17.3 Å². The Morgan fingerprint density at radius 1 is 1.28 bits per heavy atom. The van der Waals surface area contributed by atoms with E-state index in [1.807, 2.05) is 18.2 Å². The third kappa shape index (κ3) is 5.95. The van der Waals surface area contributed by atoms with Gasteiger partial charge in [0.15, 0.2) is 0 Å². The molecule has 7 nitrogen and oxygen atoms in total. The summed E-state index contributed by atoms with van der Waals surface area (Å²) in [4.78, 5) is 16.7. The molecule has 140 valence electrons. The highest BCUT2D eigenvalue weighted by Gasteiger charge is 2.19. The Kier molecular flexibility index (Phi) is 7.61. The van der Waals surface area contributed by atoms with Crippen LogP contribution in [-0.2, 0) is 4.74 Å². The van der Waals surface area contributed by atoms with Gasteiger partial charge in [0.25, 0.3) is 0 Å². The van der Waals surface area contributed by atoms with Gasteiger partial charge in [-0.25, -0.2) is 4.79 Å². The van der Waals surface area contributed by atoms with Crippen LogP contribution in [0.15, 0.2) is 18.2 Å². The Bertz CT molecular complexity index is 565. The molecule has 1 aliphatic heterocycles. The van der Waals surface area contributed by atoms with Gasteiger partial charge in [0, 0.05) is 59.5 Å². The van der Waals surface area contributed by atoms with Gasteiger partial charge in [-0.1, -0.05) is 11.6 Å². The molecule has 1 aromatic carbocycles. The number of anilines is 1. The SMILES string of the molecule is COCCOc1ccc(N2CCN(CCN(C)C(=O)O)CC2)c(Cl)c1. The molecular weight excluding hydrogens is 346 g/mol. The molecule has 0 aliphatic carbocycles. The summed E-state index contributed by atoms with van der Waals surface area (Å²) in [6, 6.07) is 5.74.